The Balaban J connectivity index is 0.000000308. The Morgan fingerprint density at radius 2 is 1.64 bits per heavy atom. The summed E-state index contributed by atoms with van der Waals surface area (Å²) < 4.78 is 145. The summed E-state index contributed by atoms with van der Waals surface area (Å²) in [5.74, 6) is -0.137. The van der Waals surface area contributed by atoms with Crippen LogP contribution in [0.1, 0.15) is 108 Å². The van der Waals surface area contributed by atoms with Crippen molar-refractivity contribution in [1.82, 2.24) is 20.6 Å². The van der Waals surface area contributed by atoms with E-state index in [4.69, 9.17) is 46.0 Å². The minimum Gasteiger partial charge on any atom is -0.489 e. The van der Waals surface area contributed by atoms with Crippen LogP contribution in [0.4, 0.5) is 28.8 Å². The van der Waals surface area contributed by atoms with Crippen molar-refractivity contribution in [2.75, 3.05) is 42.5 Å². The van der Waals surface area contributed by atoms with Crippen LogP contribution in [0.5, 0.6) is 11.5 Å². The highest BCUT2D eigenvalue weighted by Crippen LogP contribution is 2.38. The largest absolute Gasteiger partial charge is 0.489 e. The van der Waals surface area contributed by atoms with Gasteiger partial charge in [0.2, 0.25) is 5.95 Å². The molecule has 0 aliphatic carbocycles. The number of nitrogens with one attached hydrogen (secondary N) is 4. The number of nitrogen functional groups attached to an aromatic ring is 1. The molecule has 6 rings (SSSR count). The molecular weight excluding hydrogens is 746 g/mol. The number of aryl methyl sites for hydroxylation is 2. The lowest BCUT2D eigenvalue weighted by molar-refractivity contribution is 0.243. The first-order chi connectivity index (χ1) is 32.2. The molecule has 0 radical (unpaired) electrons. The van der Waals surface area contributed by atoms with Crippen LogP contribution in [0.3, 0.4) is 0 Å². The Labute approximate surface area is 357 Å². The molecule has 1 aromatic heterocycles. The van der Waals surface area contributed by atoms with Crippen LogP contribution >= 0.6 is 11.6 Å². The fraction of sp³-hybridized carbons (Fsp3) is 0.442. The summed E-state index contributed by atoms with van der Waals surface area (Å²) in [6.07, 6.45) is -0.710. The SMILES string of the molecule is [2H]C([2H])([2H])C([2H])(Oc1cc(C2=CCNCC2)c(C)cc1N)C([2H])([2H])[2H].[2H]C([2H])([2H])C([2H])(Oc1cc(C2CCNCC2)c(C)cc1Nc1ncc(Cl)c(Nc2ccccc2S(=O)(=O)C(C)C)n1)C([2H])([2H])[2H]. The predicted molar refractivity (Wildman–Crippen MR) is 231 cm³/mol. The molecule has 13 heteroatoms. The molecule has 56 heavy (non-hydrogen) atoms. The van der Waals surface area contributed by atoms with Crippen molar-refractivity contribution >= 4 is 55.8 Å². The molecule has 0 bridgehead atoms. The van der Waals surface area contributed by atoms with Crippen LogP contribution in [-0.2, 0) is 9.84 Å². The normalized spacial score (nSPS) is 19.9. The van der Waals surface area contributed by atoms with Gasteiger partial charge in [-0.25, -0.2) is 13.4 Å². The Kier molecular flexibility index (Phi) is 9.36. The zero-order valence-corrected chi connectivity index (χ0v) is 33.3. The van der Waals surface area contributed by atoms with Crippen molar-refractivity contribution in [3.05, 3.63) is 88.1 Å². The Morgan fingerprint density at radius 1 is 0.929 bits per heavy atom. The summed E-state index contributed by atoms with van der Waals surface area (Å²) >= 11 is 6.38. The van der Waals surface area contributed by atoms with Crippen molar-refractivity contribution in [3.63, 3.8) is 0 Å². The Morgan fingerprint density at radius 3 is 2.32 bits per heavy atom. The van der Waals surface area contributed by atoms with Crippen LogP contribution < -0.4 is 36.5 Å². The molecule has 1 fully saturated rings. The van der Waals surface area contributed by atoms with Crippen molar-refractivity contribution in [2.45, 2.75) is 103 Å². The smallest absolute Gasteiger partial charge is 0.229 e. The van der Waals surface area contributed by atoms with Crippen molar-refractivity contribution in [2.24, 2.45) is 0 Å². The standard InChI is InChI=1S/C28H36ClN5O3S.C15H22N2O/c1-17(2)37-25-15-21(20-10-12-30-13-11-20)19(5)14-24(25)33-28-31-16-22(29)27(34-28)32-23-8-6-7-9-26(23)38(35,36)18(3)4;1-10(2)18-15-9-13(11(3)8-14(15)16)12-4-6-17-7-5-12/h6-9,14-18,20,30H,10-13H2,1-5H3,(H2,31,32,33,34);4,8-10,17H,5-7,16H2,1-3H3/i1D3,2D3,17D;1D3,2D3,10D. The second-order valence-electron chi connectivity index (χ2n) is 13.7. The number of nitrogens with zero attached hydrogens (tertiary/aromatic N) is 2. The average Bonchev–Trinajstić information content (AvgIpc) is 3.26. The van der Waals surface area contributed by atoms with Gasteiger partial charge in [0.25, 0.3) is 0 Å². The van der Waals surface area contributed by atoms with Crippen LogP contribution in [0.25, 0.3) is 5.57 Å². The van der Waals surface area contributed by atoms with E-state index in [1.54, 1.807) is 50.2 Å². The number of anilines is 5. The van der Waals surface area contributed by atoms with Crippen LogP contribution in [0.2, 0.25) is 5.02 Å². The van der Waals surface area contributed by atoms with Gasteiger partial charge in [0, 0.05) is 23.0 Å². The van der Waals surface area contributed by atoms with E-state index < -0.39 is 54.7 Å². The van der Waals surface area contributed by atoms with E-state index in [-0.39, 0.29) is 56.2 Å². The third-order valence-electron chi connectivity index (χ3n) is 9.40. The van der Waals surface area contributed by atoms with Gasteiger partial charge < -0.3 is 36.5 Å². The zero-order valence-electron chi connectivity index (χ0n) is 45.8. The number of para-hydroxylation sites is 1. The molecule has 6 N–H and O–H groups in total. The molecule has 3 heterocycles. The second kappa shape index (κ2) is 19.2. The number of rotatable bonds is 12. The average molecular weight is 819 g/mol. The fourth-order valence-electron chi connectivity index (χ4n) is 6.53. The molecule has 0 amide bonds. The maximum atomic E-state index is 13.0. The molecule has 2 aliphatic rings. The number of halogens is 1. The van der Waals surface area contributed by atoms with Crippen LogP contribution in [-0.4, -0.2) is 62.0 Å². The minimum absolute atomic E-state index is 0.0386. The highest BCUT2D eigenvalue weighted by molar-refractivity contribution is 7.92. The summed E-state index contributed by atoms with van der Waals surface area (Å²) in [5.41, 5.74) is 10.8. The topological polar surface area (TPSA) is 153 Å². The monoisotopic (exact) mass is 817 g/mol. The zero-order chi connectivity index (χ0) is 52.4. The minimum atomic E-state index is -3.66. The van der Waals surface area contributed by atoms with Crippen LogP contribution in [0, 0.1) is 13.8 Å². The number of aromatic nitrogens is 2. The van der Waals surface area contributed by atoms with Gasteiger partial charge in [-0.05, 0) is 164 Å². The summed E-state index contributed by atoms with van der Waals surface area (Å²) in [6, 6.07) is 12.7. The third kappa shape index (κ3) is 10.9. The lowest BCUT2D eigenvalue weighted by Crippen LogP contribution is -2.27. The first-order valence-electron chi connectivity index (χ1n) is 25.1. The van der Waals surface area contributed by atoms with E-state index in [9.17, 15) is 8.42 Å². The predicted octanol–water partition coefficient (Wildman–Crippen LogP) is 9.10. The highest BCUT2D eigenvalue weighted by Gasteiger charge is 2.24. The van der Waals surface area contributed by atoms with Crippen molar-refractivity contribution in [3.8, 4) is 11.5 Å². The number of ether oxygens (including phenoxy) is 2. The van der Waals surface area contributed by atoms with E-state index in [1.165, 1.54) is 18.3 Å². The number of piperidine rings is 1. The summed E-state index contributed by atoms with van der Waals surface area (Å²) in [5, 5.41) is 11.8. The van der Waals surface area contributed by atoms with E-state index in [2.05, 4.69) is 31.2 Å². The van der Waals surface area contributed by atoms with Crippen molar-refractivity contribution < 1.29 is 37.1 Å². The highest BCUT2D eigenvalue weighted by atomic mass is 35.5. The summed E-state index contributed by atoms with van der Waals surface area (Å²) in [6.45, 7) is -3.04. The molecule has 1 saturated heterocycles. The number of hydrogen-bond donors (Lipinski definition) is 5. The maximum Gasteiger partial charge on any atom is 0.229 e. The first-order valence-corrected chi connectivity index (χ1v) is 20.1. The lowest BCUT2D eigenvalue weighted by Gasteiger charge is -2.26. The first kappa shape index (κ1) is 27.3. The molecular formula is C43H58ClN7O4S. The molecule has 3 aromatic carbocycles. The summed E-state index contributed by atoms with van der Waals surface area (Å²) in [4.78, 5) is 8.68. The molecule has 0 saturated carbocycles. The number of hydrogen-bond acceptors (Lipinski definition) is 11. The van der Waals surface area contributed by atoms with Gasteiger partial charge in [0.05, 0.1) is 48.3 Å². The van der Waals surface area contributed by atoms with E-state index in [0.29, 0.717) is 6.54 Å². The van der Waals surface area contributed by atoms with Gasteiger partial charge in [-0.1, -0.05) is 29.8 Å². The molecule has 0 unspecified atom stereocenters. The quantitative estimate of drug-likeness (QED) is 0.0871. The van der Waals surface area contributed by atoms with Gasteiger partial charge in [0.15, 0.2) is 15.7 Å². The van der Waals surface area contributed by atoms with Gasteiger partial charge in [-0.15, -0.1) is 0 Å². The molecule has 4 aromatic rings. The van der Waals surface area contributed by atoms with E-state index in [0.717, 1.165) is 66.7 Å². The maximum absolute atomic E-state index is 13.0. The molecule has 0 atom stereocenters. The van der Waals surface area contributed by atoms with E-state index >= 15 is 0 Å². The van der Waals surface area contributed by atoms with Crippen molar-refractivity contribution in [1.29, 1.82) is 0 Å². The molecule has 302 valence electrons. The fourth-order valence-corrected chi connectivity index (χ4v) is 7.87. The number of sulfone groups is 1. The van der Waals surface area contributed by atoms with Gasteiger partial charge in [-0.3, -0.25) is 0 Å². The third-order valence-corrected chi connectivity index (χ3v) is 11.9. The van der Waals surface area contributed by atoms with Crippen LogP contribution in [0.15, 0.2) is 65.7 Å². The second-order valence-corrected chi connectivity index (χ2v) is 16.6. The van der Waals surface area contributed by atoms with E-state index in [1.807, 2.05) is 19.9 Å². The molecule has 2 aliphatic heterocycles. The Hall–Kier alpha value is -4.36. The number of benzene rings is 3. The summed E-state index contributed by atoms with van der Waals surface area (Å²) in [7, 11) is -3.66. The number of nitrogens with two attached hydrogens (primary N) is 1. The Bertz CT molecular complexity index is 2630. The molecule has 11 nitrogen and oxygen atoms in total. The van der Waals surface area contributed by atoms with Gasteiger partial charge in [-0.2, -0.15) is 4.98 Å². The molecule has 0 spiro atoms. The van der Waals surface area contributed by atoms with Gasteiger partial charge in [0.1, 0.15) is 16.5 Å². The van der Waals surface area contributed by atoms with Gasteiger partial charge >= 0.3 is 0 Å². The lowest BCUT2D eigenvalue weighted by atomic mass is 9.87.